The normalized spacial score (nSPS) is 14.2. The van der Waals surface area contributed by atoms with Crippen LogP contribution in [0.25, 0.3) is 0 Å². The van der Waals surface area contributed by atoms with Crippen LogP contribution >= 0.6 is 7.60 Å². The quantitative estimate of drug-likeness (QED) is 0.116. The van der Waals surface area contributed by atoms with Crippen molar-refractivity contribution in [2.45, 2.75) is 103 Å². The summed E-state index contributed by atoms with van der Waals surface area (Å²) in [5, 5.41) is 0. The Bertz CT molecular complexity index is 399. The zero-order valence-electron chi connectivity index (χ0n) is 20.0. The number of quaternary nitrogens is 1. The summed E-state index contributed by atoms with van der Waals surface area (Å²) in [5.74, 6) is 0. The second kappa shape index (κ2) is 18.8. The van der Waals surface area contributed by atoms with Crippen molar-refractivity contribution in [2.75, 3.05) is 47.2 Å². The van der Waals surface area contributed by atoms with E-state index in [1.165, 1.54) is 83.5 Å². The van der Waals surface area contributed by atoms with Gasteiger partial charge in [-0.25, -0.2) is 0 Å². The van der Waals surface area contributed by atoms with Crippen LogP contribution in [0.1, 0.15) is 103 Å². The van der Waals surface area contributed by atoms with Crippen LogP contribution in [0, 0.1) is 0 Å². The third-order valence-electron chi connectivity index (χ3n) is 5.20. The Hall–Kier alpha value is 0.0700. The van der Waals surface area contributed by atoms with Crippen LogP contribution in [-0.4, -0.2) is 56.6 Å². The van der Waals surface area contributed by atoms with Crippen molar-refractivity contribution in [3.63, 3.8) is 0 Å². The second-order valence-electron chi connectivity index (χ2n) is 9.47. The fraction of sp³-hybridized carbons (Fsp3) is 1.00. The predicted octanol–water partition coefficient (Wildman–Crippen LogP) is 6.74. The molecular weight excluding hydrogens is 385 g/mol. The average Bonchev–Trinajstić information content (AvgIpc) is 2.63. The van der Waals surface area contributed by atoms with Gasteiger partial charge in [-0.15, -0.1) is 0 Å². The zero-order valence-corrected chi connectivity index (χ0v) is 20.9. The van der Waals surface area contributed by atoms with E-state index in [-0.39, 0.29) is 13.0 Å². The molecule has 5 nitrogen and oxygen atoms in total. The van der Waals surface area contributed by atoms with Crippen molar-refractivity contribution in [2.24, 2.45) is 0 Å². The lowest BCUT2D eigenvalue weighted by atomic mass is 10.0. The molecule has 1 N–H and O–H groups in total. The highest BCUT2D eigenvalue weighted by atomic mass is 31.2. The Morgan fingerprint density at radius 1 is 0.690 bits per heavy atom. The smallest absolute Gasteiger partial charge is 0.353 e. The zero-order chi connectivity index (χ0) is 21.8. The van der Waals surface area contributed by atoms with Crippen LogP contribution < -0.4 is 0 Å². The Morgan fingerprint density at radius 2 is 1.10 bits per heavy atom. The van der Waals surface area contributed by atoms with Gasteiger partial charge in [-0.05, 0) is 6.42 Å². The number of hydrogen-bond donors (Lipinski definition) is 1. The summed E-state index contributed by atoms with van der Waals surface area (Å²) in [6.07, 6.45) is 19.8. The summed E-state index contributed by atoms with van der Waals surface area (Å²) in [6.45, 7) is 3.79. The van der Waals surface area contributed by atoms with Crippen LogP contribution in [0.2, 0.25) is 0 Å². The third kappa shape index (κ3) is 24.2. The summed E-state index contributed by atoms with van der Waals surface area (Å²) >= 11 is 0. The summed E-state index contributed by atoms with van der Waals surface area (Å²) < 4.78 is 23.0. The standard InChI is InChI=1S/C23H50NO4P/c1-5-6-7-8-9-10-11-12-13-14-15-16-17-18-19-21-27-23-29(25,26)28-22-20-24(2,3)4/h5-23H2,1-4H3/p+1. The molecule has 0 heterocycles. The second-order valence-corrected chi connectivity index (χ2v) is 11.3. The molecule has 0 saturated heterocycles. The monoisotopic (exact) mass is 436 g/mol. The Labute approximate surface area is 181 Å². The molecule has 176 valence electrons. The molecule has 0 bridgehead atoms. The van der Waals surface area contributed by atoms with E-state index in [1.807, 2.05) is 21.1 Å². The van der Waals surface area contributed by atoms with Gasteiger partial charge >= 0.3 is 7.60 Å². The molecule has 1 atom stereocenters. The molecule has 0 saturated carbocycles. The first-order chi connectivity index (χ1) is 13.8. The van der Waals surface area contributed by atoms with Gasteiger partial charge in [0.05, 0.1) is 21.1 Å². The fourth-order valence-electron chi connectivity index (χ4n) is 3.25. The maximum atomic E-state index is 11.9. The predicted molar refractivity (Wildman–Crippen MR) is 124 cm³/mol. The maximum absolute atomic E-state index is 11.9. The third-order valence-corrected chi connectivity index (χ3v) is 6.30. The summed E-state index contributed by atoms with van der Waals surface area (Å²) in [5.41, 5.74) is 0. The minimum atomic E-state index is -3.60. The molecule has 0 fully saturated rings. The summed E-state index contributed by atoms with van der Waals surface area (Å²) in [6, 6.07) is 0. The Kier molecular flexibility index (Phi) is 18.9. The minimum absolute atomic E-state index is 0.192. The van der Waals surface area contributed by atoms with Gasteiger partial charge in [0, 0.05) is 6.61 Å². The Balaban J connectivity index is 3.28. The number of nitrogens with zero attached hydrogens (tertiary/aromatic N) is 1. The molecular formula is C23H51NO4P+. The first kappa shape index (κ1) is 29.1. The molecule has 0 spiro atoms. The van der Waals surface area contributed by atoms with E-state index in [0.717, 1.165) is 12.8 Å². The van der Waals surface area contributed by atoms with E-state index in [2.05, 4.69) is 6.92 Å². The van der Waals surface area contributed by atoms with Crippen molar-refractivity contribution in [1.82, 2.24) is 0 Å². The number of rotatable bonds is 22. The van der Waals surface area contributed by atoms with Gasteiger partial charge in [0.15, 0.2) is 0 Å². The van der Waals surface area contributed by atoms with E-state index in [4.69, 9.17) is 9.26 Å². The molecule has 0 aromatic rings. The van der Waals surface area contributed by atoms with Gasteiger partial charge in [-0.3, -0.25) is 4.57 Å². The van der Waals surface area contributed by atoms with E-state index < -0.39 is 7.60 Å². The number of unbranched alkanes of at least 4 members (excludes halogenated alkanes) is 14. The fourth-order valence-corrected chi connectivity index (χ4v) is 4.05. The van der Waals surface area contributed by atoms with E-state index in [9.17, 15) is 9.46 Å². The lowest BCUT2D eigenvalue weighted by Gasteiger charge is -2.24. The van der Waals surface area contributed by atoms with Crippen molar-refractivity contribution in [1.29, 1.82) is 0 Å². The summed E-state index contributed by atoms with van der Waals surface area (Å²) in [4.78, 5) is 9.74. The average molecular weight is 437 g/mol. The largest absolute Gasteiger partial charge is 0.369 e. The van der Waals surface area contributed by atoms with Crippen molar-refractivity contribution < 1.29 is 23.2 Å². The number of ether oxygens (including phenoxy) is 1. The highest BCUT2D eigenvalue weighted by Crippen LogP contribution is 2.41. The van der Waals surface area contributed by atoms with Gasteiger partial charge in [-0.2, -0.15) is 0 Å². The molecule has 0 aliphatic heterocycles. The first-order valence-electron chi connectivity index (χ1n) is 12.1. The van der Waals surface area contributed by atoms with Crippen LogP contribution in [-0.2, 0) is 13.8 Å². The molecule has 0 aliphatic rings. The van der Waals surface area contributed by atoms with Gasteiger partial charge in [0.25, 0.3) is 0 Å². The number of likely N-dealkylation sites (N-methyl/N-ethyl adjacent to an activating group) is 1. The van der Waals surface area contributed by atoms with E-state index >= 15 is 0 Å². The summed E-state index contributed by atoms with van der Waals surface area (Å²) in [7, 11) is 2.48. The molecule has 1 unspecified atom stereocenters. The molecule has 0 aromatic carbocycles. The van der Waals surface area contributed by atoms with Gasteiger partial charge in [0.2, 0.25) is 0 Å². The van der Waals surface area contributed by atoms with E-state index in [0.29, 0.717) is 17.6 Å². The van der Waals surface area contributed by atoms with Gasteiger partial charge in [0.1, 0.15) is 19.5 Å². The van der Waals surface area contributed by atoms with E-state index in [1.54, 1.807) is 0 Å². The molecule has 0 amide bonds. The van der Waals surface area contributed by atoms with Crippen LogP contribution in [0.15, 0.2) is 0 Å². The highest BCUT2D eigenvalue weighted by Gasteiger charge is 2.21. The molecule has 0 aliphatic carbocycles. The van der Waals surface area contributed by atoms with Gasteiger partial charge < -0.3 is 18.6 Å². The topological polar surface area (TPSA) is 55.8 Å². The minimum Gasteiger partial charge on any atom is -0.369 e. The van der Waals surface area contributed by atoms with Crippen LogP contribution in [0.5, 0.6) is 0 Å². The van der Waals surface area contributed by atoms with Crippen LogP contribution in [0.4, 0.5) is 0 Å². The molecule has 0 radical (unpaired) electrons. The lowest BCUT2D eigenvalue weighted by molar-refractivity contribution is -0.870. The first-order valence-corrected chi connectivity index (χ1v) is 13.9. The van der Waals surface area contributed by atoms with Crippen molar-refractivity contribution in [3.05, 3.63) is 0 Å². The highest BCUT2D eigenvalue weighted by molar-refractivity contribution is 7.52. The lowest BCUT2D eigenvalue weighted by Crippen LogP contribution is -2.37. The molecule has 0 aromatic heterocycles. The SMILES string of the molecule is CCCCCCCCCCCCCCCCCOCP(=O)(O)OCC[N+](C)(C)C. The van der Waals surface area contributed by atoms with Crippen molar-refractivity contribution in [3.8, 4) is 0 Å². The molecule has 0 rings (SSSR count). The number of hydrogen-bond acceptors (Lipinski definition) is 3. The Morgan fingerprint density at radius 3 is 1.52 bits per heavy atom. The van der Waals surface area contributed by atoms with Crippen molar-refractivity contribution >= 4 is 7.60 Å². The van der Waals surface area contributed by atoms with Gasteiger partial charge in [-0.1, -0.05) is 96.8 Å². The molecule has 29 heavy (non-hydrogen) atoms. The maximum Gasteiger partial charge on any atom is 0.353 e. The molecule has 6 heteroatoms. The van der Waals surface area contributed by atoms with Crippen LogP contribution in [0.3, 0.4) is 0 Å².